The van der Waals surface area contributed by atoms with Crippen LogP contribution in [0.5, 0.6) is 0 Å². The molecule has 2 aliphatic heterocycles. The number of ether oxygens (including phenoxy) is 4. The van der Waals surface area contributed by atoms with Crippen LogP contribution in [-0.2, 0) is 30.3 Å². The third-order valence-electron chi connectivity index (χ3n) is 13.2. The molecule has 3 N–H and O–H groups in total. The van der Waals surface area contributed by atoms with Crippen LogP contribution in [0.15, 0.2) is 41.0 Å². The summed E-state index contributed by atoms with van der Waals surface area (Å²) in [5, 5.41) is 36.0. The topological polar surface area (TPSA) is 140 Å². The molecule has 1 aromatic heterocycles. The Morgan fingerprint density at radius 1 is 1.11 bits per heavy atom. The van der Waals surface area contributed by atoms with E-state index >= 15 is 0 Å². The number of pyridine rings is 1. The zero-order chi connectivity index (χ0) is 32.3. The average molecular weight is 639 g/mol. The number of rotatable bonds is 7. The number of aliphatic hydroxyl groups excluding tert-OH is 1. The minimum absolute atomic E-state index is 0.000364. The summed E-state index contributed by atoms with van der Waals surface area (Å²) >= 11 is 0. The molecule has 10 heteroatoms. The van der Waals surface area contributed by atoms with Gasteiger partial charge in [0.25, 0.3) is 0 Å². The van der Waals surface area contributed by atoms with E-state index in [9.17, 15) is 20.1 Å². The molecule has 4 aliphatic carbocycles. The molecule has 252 valence electrons. The standard InChI is InChI=1S/C36H50N2O8/c1-22-32(40)29(43-3)17-31(45-22)46-25-7-12-34(21-37-19-24-6-4-5-15-38-24)27-8-11-33(2)26(23-16-30(39)44-20-23)10-14-36(33,42)28(27)9-13-35(34,41)18-25/h4-6,15-16,21-22,25-29,31-32,40-42H,7-14,17-20H2,1-3H3/t22-,25-,26-,27+,28+,29+,31-,32+,33-,34+,35-,36-/m0/s1. The van der Waals surface area contributed by atoms with Gasteiger partial charge in [0.05, 0.1) is 41.8 Å². The van der Waals surface area contributed by atoms with E-state index in [1.807, 2.05) is 31.3 Å². The molecule has 0 spiro atoms. The van der Waals surface area contributed by atoms with E-state index < -0.39 is 35.1 Å². The fraction of sp³-hybridized carbons (Fsp3) is 0.750. The van der Waals surface area contributed by atoms with Crippen molar-refractivity contribution in [2.75, 3.05) is 13.7 Å². The van der Waals surface area contributed by atoms with Gasteiger partial charge in [0.1, 0.15) is 12.7 Å². The minimum Gasteiger partial charge on any atom is -0.458 e. The highest BCUT2D eigenvalue weighted by atomic mass is 16.7. The Morgan fingerprint density at radius 3 is 2.67 bits per heavy atom. The summed E-state index contributed by atoms with van der Waals surface area (Å²) < 4.78 is 23.4. The van der Waals surface area contributed by atoms with Gasteiger partial charge >= 0.3 is 5.97 Å². The molecule has 1 saturated heterocycles. The Morgan fingerprint density at radius 2 is 1.93 bits per heavy atom. The van der Waals surface area contributed by atoms with Gasteiger partial charge < -0.3 is 34.3 Å². The molecular formula is C36H50N2O8. The summed E-state index contributed by atoms with van der Waals surface area (Å²) in [7, 11) is 1.59. The fourth-order valence-electron chi connectivity index (χ4n) is 10.8. The largest absolute Gasteiger partial charge is 0.458 e. The van der Waals surface area contributed by atoms with Crippen LogP contribution in [0.2, 0.25) is 0 Å². The molecule has 0 aromatic carbocycles. The van der Waals surface area contributed by atoms with Crippen LogP contribution in [0.3, 0.4) is 0 Å². The third-order valence-corrected chi connectivity index (χ3v) is 13.2. The second-order valence-electron chi connectivity index (χ2n) is 15.2. The first-order valence-corrected chi connectivity index (χ1v) is 17.3. The van der Waals surface area contributed by atoms with Crippen LogP contribution < -0.4 is 0 Å². The van der Waals surface area contributed by atoms with Crippen LogP contribution in [0.1, 0.15) is 83.7 Å². The second kappa shape index (κ2) is 12.0. The van der Waals surface area contributed by atoms with Gasteiger partial charge in [-0.2, -0.15) is 0 Å². The van der Waals surface area contributed by atoms with Crippen molar-refractivity contribution in [3.05, 3.63) is 41.7 Å². The van der Waals surface area contributed by atoms with Gasteiger partial charge in [0.2, 0.25) is 0 Å². The minimum atomic E-state index is -1.07. The van der Waals surface area contributed by atoms with E-state index in [0.29, 0.717) is 51.7 Å². The summed E-state index contributed by atoms with van der Waals surface area (Å²) in [5.74, 6) is -0.128. The molecule has 3 heterocycles. The average Bonchev–Trinajstić information content (AvgIpc) is 3.58. The number of hydrogen-bond donors (Lipinski definition) is 3. The molecular weight excluding hydrogens is 588 g/mol. The van der Waals surface area contributed by atoms with Crippen molar-refractivity contribution in [2.24, 2.45) is 33.6 Å². The lowest BCUT2D eigenvalue weighted by atomic mass is 9.41. The maximum Gasteiger partial charge on any atom is 0.331 e. The van der Waals surface area contributed by atoms with Crippen molar-refractivity contribution < 1.29 is 39.1 Å². The highest BCUT2D eigenvalue weighted by molar-refractivity contribution is 5.85. The van der Waals surface area contributed by atoms with Gasteiger partial charge in [-0.1, -0.05) is 13.0 Å². The Bertz CT molecular complexity index is 1360. The van der Waals surface area contributed by atoms with E-state index in [-0.39, 0.29) is 41.3 Å². The van der Waals surface area contributed by atoms with Crippen LogP contribution in [0.4, 0.5) is 0 Å². The van der Waals surface area contributed by atoms with Crippen LogP contribution in [-0.4, -0.2) is 88.1 Å². The number of fused-ring (bicyclic) bond motifs is 5. The molecule has 7 rings (SSSR count). The van der Waals surface area contributed by atoms with Crippen molar-refractivity contribution in [1.29, 1.82) is 0 Å². The highest BCUT2D eigenvalue weighted by Gasteiger charge is 2.71. The quantitative estimate of drug-likeness (QED) is 0.231. The zero-order valence-corrected chi connectivity index (χ0v) is 27.3. The normalized spacial score (nSPS) is 47.2. The van der Waals surface area contributed by atoms with Crippen LogP contribution in [0.25, 0.3) is 0 Å². The van der Waals surface area contributed by atoms with Crippen molar-refractivity contribution >= 4 is 12.2 Å². The molecule has 12 atom stereocenters. The summed E-state index contributed by atoms with van der Waals surface area (Å²) in [6.45, 7) is 4.79. The number of carbonyl (C=O) groups is 1. The smallest absolute Gasteiger partial charge is 0.331 e. The molecule has 0 unspecified atom stereocenters. The van der Waals surface area contributed by atoms with E-state index in [4.69, 9.17) is 23.9 Å². The number of aliphatic hydroxyl groups is 3. The predicted molar refractivity (Wildman–Crippen MR) is 169 cm³/mol. The molecule has 6 aliphatic rings. The molecule has 4 saturated carbocycles. The number of nitrogens with zero attached hydrogens (tertiary/aromatic N) is 2. The summed E-state index contributed by atoms with van der Waals surface area (Å²) in [6.07, 6.45) is 9.93. The lowest BCUT2D eigenvalue weighted by Gasteiger charge is -2.66. The Hall–Kier alpha value is -2.21. The third kappa shape index (κ3) is 5.10. The Balaban J connectivity index is 1.17. The molecule has 10 nitrogen and oxygen atoms in total. The second-order valence-corrected chi connectivity index (χ2v) is 15.2. The maximum atomic E-state index is 12.8. The lowest BCUT2D eigenvalue weighted by Crippen LogP contribution is -2.69. The first-order valence-electron chi connectivity index (χ1n) is 17.3. The summed E-state index contributed by atoms with van der Waals surface area (Å²) in [5.41, 5.74) is -1.09. The predicted octanol–water partition coefficient (Wildman–Crippen LogP) is 3.90. The first-order chi connectivity index (χ1) is 22.0. The molecule has 0 bridgehead atoms. The number of carbonyl (C=O) groups excluding carboxylic acids is 1. The van der Waals surface area contributed by atoms with E-state index in [0.717, 1.165) is 37.0 Å². The zero-order valence-electron chi connectivity index (χ0n) is 27.3. The van der Waals surface area contributed by atoms with E-state index in [2.05, 4.69) is 11.9 Å². The van der Waals surface area contributed by atoms with Gasteiger partial charge in [-0.25, -0.2) is 4.79 Å². The molecule has 46 heavy (non-hydrogen) atoms. The number of esters is 1. The van der Waals surface area contributed by atoms with Crippen molar-refractivity contribution in [3.8, 4) is 0 Å². The van der Waals surface area contributed by atoms with Crippen LogP contribution in [0, 0.1) is 28.6 Å². The maximum absolute atomic E-state index is 12.8. The summed E-state index contributed by atoms with van der Waals surface area (Å²) in [4.78, 5) is 21.4. The van der Waals surface area contributed by atoms with E-state index in [1.165, 1.54) is 0 Å². The van der Waals surface area contributed by atoms with Crippen molar-refractivity contribution in [1.82, 2.24) is 4.98 Å². The first kappa shape index (κ1) is 32.3. The van der Waals surface area contributed by atoms with Gasteiger partial charge in [0.15, 0.2) is 6.29 Å². The molecule has 1 aromatic rings. The van der Waals surface area contributed by atoms with E-state index in [1.54, 1.807) is 19.4 Å². The number of aromatic nitrogens is 1. The van der Waals surface area contributed by atoms with Crippen LogP contribution >= 0.6 is 0 Å². The lowest BCUT2D eigenvalue weighted by molar-refractivity contribution is -0.284. The monoisotopic (exact) mass is 638 g/mol. The highest BCUT2D eigenvalue weighted by Crippen LogP contribution is 2.70. The van der Waals surface area contributed by atoms with Crippen molar-refractivity contribution in [3.63, 3.8) is 0 Å². The Kier molecular flexibility index (Phi) is 8.46. The van der Waals surface area contributed by atoms with Gasteiger partial charge in [-0.15, -0.1) is 0 Å². The van der Waals surface area contributed by atoms with Gasteiger partial charge in [0, 0.05) is 49.3 Å². The van der Waals surface area contributed by atoms with Gasteiger partial charge in [-0.05, 0) is 93.7 Å². The number of hydrogen-bond acceptors (Lipinski definition) is 10. The fourth-order valence-corrected chi connectivity index (χ4v) is 10.8. The number of aliphatic imine (C=N–C) groups is 1. The van der Waals surface area contributed by atoms with Gasteiger partial charge in [-0.3, -0.25) is 9.98 Å². The number of cyclic esters (lactones) is 1. The SMILES string of the molecule is CO[C@@H]1C[C@H](O[C@H]2CC[C@@]3(C=NCc4ccccn4)[C@@H]4CC[C@@]5(C)[C@H](C6=CC(=O)OC6)CC[C@]5(O)[C@@H]4CC[C@]3(O)C2)O[C@@H](C)[C@H]1O. The summed E-state index contributed by atoms with van der Waals surface area (Å²) in [6, 6.07) is 5.81. The number of methoxy groups -OCH3 is 1. The molecule has 5 fully saturated rings. The van der Waals surface area contributed by atoms with Crippen molar-refractivity contribution in [2.45, 2.75) is 127 Å². The molecule has 0 radical (unpaired) electrons. The molecule has 0 amide bonds. The Labute approximate surface area is 271 Å².